The fraction of sp³-hybridized carbons (Fsp3) is 0.900. The number of hydrogen-bond acceptors (Lipinski definition) is 5. The Hall–Kier alpha value is -0.390. The van der Waals surface area contributed by atoms with Crippen molar-refractivity contribution in [3.8, 4) is 0 Å². The molecule has 0 aliphatic carbocycles. The highest BCUT2D eigenvalue weighted by Crippen LogP contribution is 2.31. The van der Waals surface area contributed by atoms with Crippen LogP contribution in [0.4, 0.5) is 0 Å². The van der Waals surface area contributed by atoms with Gasteiger partial charge < -0.3 is 5.73 Å². The quantitative estimate of drug-likeness (QED) is 0.481. The van der Waals surface area contributed by atoms with Crippen LogP contribution in [0.5, 0.6) is 0 Å². The third-order valence-corrected chi connectivity index (χ3v) is 5.13. The maximum atomic E-state index is 13.3. The first-order valence-corrected chi connectivity index (χ1v) is 10.9. The lowest BCUT2D eigenvalue weighted by Gasteiger charge is -2.35. The zero-order valence-corrected chi connectivity index (χ0v) is 18.2. The summed E-state index contributed by atoms with van der Waals surface area (Å²) in [6.45, 7) is 12.6. The maximum Gasteiger partial charge on any atom is 0.155 e. The molecule has 0 amide bonds. The number of unbranched alkanes of at least 4 members (excludes halogenated alkanes) is 1. The summed E-state index contributed by atoms with van der Waals surface area (Å²) in [6.07, 6.45) is 6.44. The van der Waals surface area contributed by atoms with E-state index in [-0.39, 0.29) is 28.9 Å². The predicted octanol–water partition coefficient (Wildman–Crippen LogP) is 3.82. The highest BCUT2D eigenvalue weighted by molar-refractivity contribution is 7.98. The molecule has 0 saturated carbocycles. The molecule has 3 N–H and O–H groups in total. The topological polar surface area (TPSA) is 72.2 Å². The maximum absolute atomic E-state index is 13.3. The number of Topliss-reactive ketones (excluding diaryl/α,β-unsaturated/α-hetero) is 2. The average Bonchev–Trinajstić information content (AvgIpc) is 2.48. The van der Waals surface area contributed by atoms with Crippen LogP contribution in [0.15, 0.2) is 0 Å². The van der Waals surface area contributed by atoms with Crippen molar-refractivity contribution in [3.05, 3.63) is 0 Å². The van der Waals surface area contributed by atoms with Crippen LogP contribution in [0.3, 0.4) is 0 Å². The van der Waals surface area contributed by atoms with Gasteiger partial charge in [-0.1, -0.05) is 27.2 Å². The van der Waals surface area contributed by atoms with Crippen LogP contribution < -0.4 is 11.1 Å². The van der Waals surface area contributed by atoms with Gasteiger partial charge in [0, 0.05) is 5.92 Å². The van der Waals surface area contributed by atoms with E-state index in [2.05, 4.69) is 26.1 Å². The first-order chi connectivity index (χ1) is 11.4. The van der Waals surface area contributed by atoms with E-state index >= 15 is 0 Å². The Kier molecular flexibility index (Phi) is 11.2. The second-order valence-corrected chi connectivity index (χ2v) is 9.81. The fourth-order valence-electron chi connectivity index (χ4n) is 3.23. The third kappa shape index (κ3) is 10.4. The fourth-order valence-corrected chi connectivity index (χ4v) is 3.70. The lowest BCUT2D eigenvalue weighted by molar-refractivity contribution is -0.130. The summed E-state index contributed by atoms with van der Waals surface area (Å²) in [5, 5.41) is 3.35. The molecule has 0 fully saturated rings. The van der Waals surface area contributed by atoms with Gasteiger partial charge >= 0.3 is 0 Å². The van der Waals surface area contributed by atoms with E-state index in [1.54, 1.807) is 18.7 Å². The zero-order valence-electron chi connectivity index (χ0n) is 17.4. The average molecular weight is 373 g/mol. The minimum Gasteiger partial charge on any atom is -0.330 e. The molecule has 5 heteroatoms. The van der Waals surface area contributed by atoms with E-state index in [1.165, 1.54) is 0 Å². The van der Waals surface area contributed by atoms with Gasteiger partial charge in [0.25, 0.3) is 0 Å². The molecule has 25 heavy (non-hydrogen) atoms. The Morgan fingerprint density at radius 3 is 2.12 bits per heavy atom. The SMILES string of the molecule is CSCC[C@H](NC(C)(C)C(=O)[C@H](CCCCN)CC(C)(C)C)C(C)=O. The minimum atomic E-state index is -0.701. The summed E-state index contributed by atoms with van der Waals surface area (Å²) in [6, 6.07) is -0.259. The molecular weight excluding hydrogens is 332 g/mol. The van der Waals surface area contributed by atoms with Gasteiger partial charge in [-0.05, 0) is 70.4 Å². The van der Waals surface area contributed by atoms with Gasteiger partial charge in [0.15, 0.2) is 5.78 Å². The largest absolute Gasteiger partial charge is 0.330 e. The van der Waals surface area contributed by atoms with Gasteiger partial charge in [-0.25, -0.2) is 0 Å². The van der Waals surface area contributed by atoms with Gasteiger partial charge in [-0.2, -0.15) is 11.8 Å². The summed E-state index contributed by atoms with van der Waals surface area (Å²) >= 11 is 1.72. The second-order valence-electron chi connectivity index (χ2n) is 8.82. The van der Waals surface area contributed by atoms with Crippen molar-refractivity contribution < 1.29 is 9.59 Å². The number of hydrogen-bond donors (Lipinski definition) is 2. The Bertz CT molecular complexity index is 416. The number of nitrogens with one attached hydrogen (secondary N) is 1. The van der Waals surface area contributed by atoms with Crippen LogP contribution in [0.2, 0.25) is 0 Å². The molecule has 0 unspecified atom stereocenters. The molecule has 4 nitrogen and oxygen atoms in total. The van der Waals surface area contributed by atoms with Crippen LogP contribution >= 0.6 is 11.8 Å². The Morgan fingerprint density at radius 1 is 1.08 bits per heavy atom. The van der Waals surface area contributed by atoms with Crippen molar-refractivity contribution in [3.63, 3.8) is 0 Å². The number of ketones is 2. The molecule has 0 rings (SSSR count). The Labute approximate surface area is 159 Å². The number of carbonyl (C=O) groups is 2. The Morgan fingerprint density at radius 2 is 1.68 bits per heavy atom. The molecule has 0 spiro atoms. The molecule has 0 bridgehead atoms. The van der Waals surface area contributed by atoms with Crippen molar-refractivity contribution in [2.75, 3.05) is 18.6 Å². The van der Waals surface area contributed by atoms with Crippen molar-refractivity contribution in [2.24, 2.45) is 17.1 Å². The minimum absolute atomic E-state index is 0.00204. The van der Waals surface area contributed by atoms with Crippen LogP contribution in [0, 0.1) is 11.3 Å². The van der Waals surface area contributed by atoms with Crippen molar-refractivity contribution in [1.82, 2.24) is 5.32 Å². The van der Waals surface area contributed by atoms with Gasteiger partial charge in [0.1, 0.15) is 5.78 Å². The van der Waals surface area contributed by atoms with E-state index in [4.69, 9.17) is 5.73 Å². The van der Waals surface area contributed by atoms with Crippen molar-refractivity contribution in [1.29, 1.82) is 0 Å². The lowest BCUT2D eigenvalue weighted by atomic mass is 9.76. The van der Waals surface area contributed by atoms with E-state index in [0.29, 0.717) is 6.54 Å². The molecule has 2 atom stereocenters. The summed E-state index contributed by atoms with van der Waals surface area (Å²) in [5.74, 6) is 1.23. The molecular formula is C20H40N2O2S. The standard InChI is InChI=1S/C20H40N2O2S/c1-15(23)17(11-13-25-7)22-20(5,6)18(24)16(10-8-9-12-21)14-19(2,3)4/h16-17,22H,8-14,21H2,1-7H3/t16-,17+/m1/s1. The molecule has 0 radical (unpaired) electrons. The molecule has 0 aliphatic heterocycles. The smallest absolute Gasteiger partial charge is 0.155 e. The van der Waals surface area contributed by atoms with E-state index in [0.717, 1.165) is 37.9 Å². The van der Waals surface area contributed by atoms with E-state index < -0.39 is 5.54 Å². The van der Waals surface area contributed by atoms with Gasteiger partial charge in [-0.15, -0.1) is 0 Å². The van der Waals surface area contributed by atoms with Gasteiger partial charge in [0.2, 0.25) is 0 Å². The van der Waals surface area contributed by atoms with E-state index in [1.807, 2.05) is 20.1 Å². The van der Waals surface area contributed by atoms with Crippen molar-refractivity contribution in [2.45, 2.75) is 85.2 Å². The normalized spacial score (nSPS) is 15.0. The number of rotatable bonds is 13. The summed E-state index contributed by atoms with van der Waals surface area (Å²) < 4.78 is 0. The van der Waals surface area contributed by atoms with Crippen LogP contribution in [0.25, 0.3) is 0 Å². The first-order valence-electron chi connectivity index (χ1n) is 9.46. The van der Waals surface area contributed by atoms with Crippen LogP contribution in [-0.2, 0) is 9.59 Å². The first kappa shape index (κ1) is 24.6. The molecule has 0 heterocycles. The number of nitrogens with two attached hydrogens (primary N) is 1. The van der Waals surface area contributed by atoms with Gasteiger partial charge in [0.05, 0.1) is 11.6 Å². The third-order valence-electron chi connectivity index (χ3n) is 4.49. The summed E-state index contributed by atoms with van der Waals surface area (Å²) in [5.41, 5.74) is 5.01. The molecule has 0 aromatic carbocycles. The highest BCUT2D eigenvalue weighted by Gasteiger charge is 2.37. The van der Waals surface area contributed by atoms with Crippen molar-refractivity contribution >= 4 is 23.3 Å². The number of carbonyl (C=O) groups excluding carboxylic acids is 2. The summed E-state index contributed by atoms with van der Waals surface area (Å²) in [7, 11) is 0. The molecule has 148 valence electrons. The molecule has 0 aliphatic rings. The highest BCUT2D eigenvalue weighted by atomic mass is 32.2. The number of thioether (sulfide) groups is 1. The summed E-state index contributed by atoms with van der Waals surface area (Å²) in [4.78, 5) is 25.2. The predicted molar refractivity (Wildman–Crippen MR) is 110 cm³/mol. The Balaban J connectivity index is 5.15. The van der Waals surface area contributed by atoms with Crippen LogP contribution in [0.1, 0.15) is 73.6 Å². The van der Waals surface area contributed by atoms with Crippen LogP contribution in [-0.4, -0.2) is 41.7 Å². The lowest BCUT2D eigenvalue weighted by Crippen LogP contribution is -2.56. The van der Waals surface area contributed by atoms with E-state index in [9.17, 15) is 9.59 Å². The monoisotopic (exact) mass is 372 g/mol. The molecule has 0 saturated heterocycles. The molecule has 0 aromatic heterocycles. The second kappa shape index (κ2) is 11.3. The van der Waals surface area contributed by atoms with Gasteiger partial charge in [-0.3, -0.25) is 14.9 Å². The molecule has 0 aromatic rings. The zero-order chi connectivity index (χ0) is 19.7.